The summed E-state index contributed by atoms with van der Waals surface area (Å²) in [4.78, 5) is 27.9. The summed E-state index contributed by atoms with van der Waals surface area (Å²) in [5.74, 6) is -0.319. The summed E-state index contributed by atoms with van der Waals surface area (Å²) >= 11 is 0. The molecule has 0 fully saturated rings. The second-order valence-electron chi connectivity index (χ2n) is 5.75. The van der Waals surface area contributed by atoms with Crippen molar-refractivity contribution in [3.63, 3.8) is 0 Å². The molecule has 1 aromatic heterocycles. The smallest absolute Gasteiger partial charge is 0.251 e. The number of benzene rings is 2. The fourth-order valence-electron chi connectivity index (χ4n) is 2.59. The third kappa shape index (κ3) is 4.13. The molecule has 0 unspecified atom stereocenters. The number of hydrogen-bond donors (Lipinski definition) is 2. The summed E-state index contributed by atoms with van der Waals surface area (Å²) in [7, 11) is 1.59. The van der Waals surface area contributed by atoms with Gasteiger partial charge < -0.3 is 10.6 Å². The van der Waals surface area contributed by atoms with Crippen molar-refractivity contribution in [1.29, 1.82) is 0 Å². The Kier molecular flexibility index (Phi) is 5.39. The van der Waals surface area contributed by atoms with Gasteiger partial charge in [0.15, 0.2) is 0 Å². The first-order valence-electron chi connectivity index (χ1n) is 8.28. The van der Waals surface area contributed by atoms with Crippen molar-refractivity contribution in [2.24, 2.45) is 0 Å². The van der Waals surface area contributed by atoms with Gasteiger partial charge in [-0.1, -0.05) is 36.4 Å². The predicted octanol–water partition coefficient (Wildman–Crippen LogP) is 2.92. The third-order valence-corrected chi connectivity index (χ3v) is 3.99. The summed E-state index contributed by atoms with van der Waals surface area (Å²) in [5.41, 5.74) is 3.27. The SMILES string of the molecule is CNC(=O)c1ccc(CNC(=O)/C=C/c2cccc3cccnc23)cc1. The molecule has 0 bridgehead atoms. The van der Waals surface area contributed by atoms with Crippen molar-refractivity contribution in [3.05, 3.63) is 83.6 Å². The lowest BCUT2D eigenvalue weighted by molar-refractivity contribution is -0.116. The molecule has 0 atom stereocenters. The van der Waals surface area contributed by atoms with E-state index in [0.29, 0.717) is 12.1 Å². The van der Waals surface area contributed by atoms with Crippen molar-refractivity contribution in [1.82, 2.24) is 15.6 Å². The average molecular weight is 345 g/mol. The summed E-state index contributed by atoms with van der Waals surface area (Å²) in [6.45, 7) is 0.394. The van der Waals surface area contributed by atoms with E-state index in [1.54, 1.807) is 31.5 Å². The predicted molar refractivity (Wildman–Crippen MR) is 102 cm³/mol. The molecule has 26 heavy (non-hydrogen) atoms. The molecular formula is C21H19N3O2. The minimum absolute atomic E-state index is 0.132. The zero-order valence-corrected chi connectivity index (χ0v) is 14.4. The average Bonchev–Trinajstić information content (AvgIpc) is 2.70. The summed E-state index contributed by atoms with van der Waals surface area (Å²) < 4.78 is 0. The first kappa shape index (κ1) is 17.4. The molecule has 0 saturated heterocycles. The van der Waals surface area contributed by atoms with E-state index < -0.39 is 0 Å². The van der Waals surface area contributed by atoms with E-state index >= 15 is 0 Å². The molecule has 2 amide bonds. The number of hydrogen-bond acceptors (Lipinski definition) is 3. The monoisotopic (exact) mass is 345 g/mol. The minimum atomic E-state index is -0.187. The molecule has 0 saturated carbocycles. The Labute approximate surface area is 151 Å². The molecule has 0 aliphatic rings. The quantitative estimate of drug-likeness (QED) is 0.699. The number of carbonyl (C=O) groups is 2. The molecule has 0 aliphatic carbocycles. The van der Waals surface area contributed by atoms with Crippen LogP contribution in [-0.4, -0.2) is 23.8 Å². The first-order chi connectivity index (χ1) is 12.7. The summed E-state index contributed by atoms with van der Waals surface area (Å²) in [6, 6.07) is 16.8. The van der Waals surface area contributed by atoms with Gasteiger partial charge in [-0.25, -0.2) is 0 Å². The minimum Gasteiger partial charge on any atom is -0.355 e. The van der Waals surface area contributed by atoms with Crippen LogP contribution >= 0.6 is 0 Å². The van der Waals surface area contributed by atoms with Crippen molar-refractivity contribution >= 4 is 28.8 Å². The Morgan fingerprint density at radius 3 is 2.58 bits per heavy atom. The summed E-state index contributed by atoms with van der Waals surface area (Å²) in [6.07, 6.45) is 5.00. The van der Waals surface area contributed by atoms with Crippen LogP contribution in [0.2, 0.25) is 0 Å². The van der Waals surface area contributed by atoms with E-state index in [4.69, 9.17) is 0 Å². The van der Waals surface area contributed by atoms with Crippen molar-refractivity contribution in [2.75, 3.05) is 7.05 Å². The molecular weight excluding hydrogens is 326 g/mol. The van der Waals surface area contributed by atoms with Gasteiger partial charge in [0, 0.05) is 42.4 Å². The second-order valence-corrected chi connectivity index (χ2v) is 5.75. The lowest BCUT2D eigenvalue weighted by Gasteiger charge is -2.05. The summed E-state index contributed by atoms with van der Waals surface area (Å²) in [5, 5.41) is 6.44. The first-order valence-corrected chi connectivity index (χ1v) is 8.28. The molecule has 5 nitrogen and oxygen atoms in total. The van der Waals surface area contributed by atoms with Gasteiger partial charge in [-0.3, -0.25) is 14.6 Å². The molecule has 0 aliphatic heterocycles. The highest BCUT2D eigenvalue weighted by molar-refractivity contribution is 5.95. The number of carbonyl (C=O) groups excluding carboxylic acids is 2. The third-order valence-electron chi connectivity index (χ3n) is 3.99. The van der Waals surface area contributed by atoms with E-state index in [-0.39, 0.29) is 11.8 Å². The van der Waals surface area contributed by atoms with Gasteiger partial charge in [-0.05, 0) is 29.8 Å². The zero-order chi connectivity index (χ0) is 18.4. The van der Waals surface area contributed by atoms with Crippen LogP contribution in [0.3, 0.4) is 0 Å². The molecule has 2 N–H and O–H groups in total. The van der Waals surface area contributed by atoms with Gasteiger partial charge in [0.1, 0.15) is 0 Å². The van der Waals surface area contributed by atoms with Crippen LogP contribution < -0.4 is 10.6 Å². The van der Waals surface area contributed by atoms with Crippen LogP contribution in [0.4, 0.5) is 0 Å². The number of rotatable bonds is 5. The van der Waals surface area contributed by atoms with Crippen molar-refractivity contribution < 1.29 is 9.59 Å². The Bertz CT molecular complexity index is 957. The lowest BCUT2D eigenvalue weighted by Crippen LogP contribution is -2.20. The topological polar surface area (TPSA) is 71.1 Å². The normalized spacial score (nSPS) is 10.8. The molecule has 130 valence electrons. The highest BCUT2D eigenvalue weighted by atomic mass is 16.2. The molecule has 2 aromatic carbocycles. The Balaban J connectivity index is 1.62. The molecule has 1 heterocycles. The van der Waals surface area contributed by atoms with Gasteiger partial charge in [0.2, 0.25) is 5.91 Å². The number of para-hydroxylation sites is 1. The van der Waals surface area contributed by atoms with E-state index in [0.717, 1.165) is 22.0 Å². The maximum atomic E-state index is 12.1. The number of pyridine rings is 1. The maximum absolute atomic E-state index is 12.1. The highest BCUT2D eigenvalue weighted by Gasteiger charge is 2.03. The van der Waals surface area contributed by atoms with Crippen LogP contribution in [0.15, 0.2) is 66.9 Å². The van der Waals surface area contributed by atoms with Crippen molar-refractivity contribution in [3.8, 4) is 0 Å². The van der Waals surface area contributed by atoms with E-state index in [2.05, 4.69) is 15.6 Å². The Morgan fingerprint density at radius 1 is 1.04 bits per heavy atom. The number of aromatic nitrogens is 1. The van der Waals surface area contributed by atoms with E-state index in [1.807, 2.05) is 42.5 Å². The van der Waals surface area contributed by atoms with E-state index in [9.17, 15) is 9.59 Å². The van der Waals surface area contributed by atoms with E-state index in [1.165, 1.54) is 6.08 Å². The standard InChI is InChI=1S/C21H19N3O2/c1-22-21(26)18-9-7-15(8-10-18)14-24-19(25)12-11-17-5-2-4-16-6-3-13-23-20(16)17/h2-13H,14H2,1H3,(H,22,26)(H,24,25)/b12-11+. The van der Waals surface area contributed by atoms with Crippen molar-refractivity contribution in [2.45, 2.75) is 6.54 Å². The van der Waals surface area contributed by atoms with Crippen LogP contribution in [-0.2, 0) is 11.3 Å². The molecule has 0 radical (unpaired) electrons. The fraction of sp³-hybridized carbons (Fsp3) is 0.0952. The van der Waals surface area contributed by atoms with Crippen LogP contribution in [0.1, 0.15) is 21.5 Å². The number of fused-ring (bicyclic) bond motifs is 1. The molecule has 0 spiro atoms. The lowest BCUT2D eigenvalue weighted by atomic mass is 10.1. The molecule has 3 rings (SSSR count). The molecule has 3 aromatic rings. The Morgan fingerprint density at radius 2 is 1.81 bits per heavy atom. The van der Waals surface area contributed by atoms with Gasteiger partial charge in [0.25, 0.3) is 5.91 Å². The highest BCUT2D eigenvalue weighted by Crippen LogP contribution is 2.17. The molecule has 5 heteroatoms. The van der Waals surface area contributed by atoms with Gasteiger partial charge in [-0.15, -0.1) is 0 Å². The zero-order valence-electron chi connectivity index (χ0n) is 14.4. The maximum Gasteiger partial charge on any atom is 0.251 e. The van der Waals surface area contributed by atoms with Crippen LogP contribution in [0.5, 0.6) is 0 Å². The van der Waals surface area contributed by atoms with Gasteiger partial charge in [-0.2, -0.15) is 0 Å². The number of nitrogens with one attached hydrogen (secondary N) is 2. The fourth-order valence-corrected chi connectivity index (χ4v) is 2.59. The van der Waals surface area contributed by atoms with Crippen LogP contribution in [0, 0.1) is 0 Å². The number of nitrogens with zero attached hydrogens (tertiary/aromatic N) is 1. The Hall–Kier alpha value is -3.47. The van der Waals surface area contributed by atoms with Gasteiger partial charge in [0.05, 0.1) is 5.52 Å². The number of amides is 2. The second kappa shape index (κ2) is 8.07. The van der Waals surface area contributed by atoms with Gasteiger partial charge >= 0.3 is 0 Å². The largest absolute Gasteiger partial charge is 0.355 e. The van der Waals surface area contributed by atoms with Crippen LogP contribution in [0.25, 0.3) is 17.0 Å².